The first-order valence-corrected chi connectivity index (χ1v) is 9.10. The molecule has 3 unspecified atom stereocenters. The summed E-state index contributed by atoms with van der Waals surface area (Å²) in [6.07, 6.45) is 6.20. The summed E-state index contributed by atoms with van der Waals surface area (Å²) in [6, 6.07) is 0.880. The largest absolute Gasteiger partial charge is 0.377 e. The molecule has 1 N–H and O–H groups in total. The molecule has 110 valence electrons. The molecule has 3 aliphatic heterocycles. The third-order valence-electron chi connectivity index (χ3n) is 4.55. The second-order valence-corrected chi connectivity index (χ2v) is 8.07. The van der Waals surface area contributed by atoms with E-state index in [0.717, 1.165) is 32.1 Å². The van der Waals surface area contributed by atoms with E-state index in [0.29, 0.717) is 31.8 Å². The van der Waals surface area contributed by atoms with Gasteiger partial charge in [0.25, 0.3) is 0 Å². The summed E-state index contributed by atoms with van der Waals surface area (Å²) < 4.78 is 32.3. The number of nitrogens with one attached hydrogen (secondary N) is 1. The molecule has 3 rings (SSSR count). The molecule has 3 atom stereocenters. The van der Waals surface area contributed by atoms with Crippen molar-refractivity contribution in [2.24, 2.45) is 0 Å². The third-order valence-corrected chi connectivity index (χ3v) is 6.46. The Bertz CT molecular complexity index is 406. The number of hydrogen-bond acceptors (Lipinski definition) is 4. The highest BCUT2D eigenvalue weighted by molar-refractivity contribution is 7.89. The van der Waals surface area contributed by atoms with Crippen LogP contribution in [-0.2, 0) is 14.8 Å². The molecule has 19 heavy (non-hydrogen) atoms. The van der Waals surface area contributed by atoms with Crippen molar-refractivity contribution in [3.63, 3.8) is 0 Å². The van der Waals surface area contributed by atoms with E-state index in [9.17, 15) is 8.42 Å². The van der Waals surface area contributed by atoms with Gasteiger partial charge in [0, 0.05) is 31.8 Å². The van der Waals surface area contributed by atoms with Crippen LogP contribution < -0.4 is 5.32 Å². The lowest BCUT2D eigenvalue weighted by atomic mass is 10.1. The molecule has 0 aliphatic carbocycles. The summed E-state index contributed by atoms with van der Waals surface area (Å²) in [5.74, 6) is 0.171. The van der Waals surface area contributed by atoms with Crippen molar-refractivity contribution in [2.45, 2.75) is 56.7 Å². The van der Waals surface area contributed by atoms with Crippen molar-refractivity contribution in [1.82, 2.24) is 9.62 Å². The number of nitrogens with zero attached hydrogens (tertiary/aromatic N) is 1. The summed E-state index contributed by atoms with van der Waals surface area (Å²) in [5, 5.41) is 3.52. The summed E-state index contributed by atoms with van der Waals surface area (Å²) in [5.41, 5.74) is 0. The molecule has 0 radical (unpaired) electrons. The van der Waals surface area contributed by atoms with Crippen LogP contribution in [0.1, 0.15) is 38.5 Å². The van der Waals surface area contributed by atoms with Crippen molar-refractivity contribution >= 4 is 10.0 Å². The number of sulfonamides is 1. The van der Waals surface area contributed by atoms with Gasteiger partial charge in [-0.05, 0) is 38.5 Å². The first-order chi connectivity index (χ1) is 9.13. The van der Waals surface area contributed by atoms with Gasteiger partial charge in [-0.15, -0.1) is 0 Å². The van der Waals surface area contributed by atoms with Crippen LogP contribution >= 0.6 is 0 Å². The van der Waals surface area contributed by atoms with E-state index in [-0.39, 0.29) is 11.9 Å². The van der Waals surface area contributed by atoms with Crippen LogP contribution in [0.15, 0.2) is 0 Å². The van der Waals surface area contributed by atoms with E-state index in [4.69, 9.17) is 4.74 Å². The van der Waals surface area contributed by atoms with Crippen molar-refractivity contribution < 1.29 is 13.2 Å². The highest BCUT2D eigenvalue weighted by atomic mass is 32.2. The Kier molecular flexibility index (Phi) is 4.12. The molecule has 3 heterocycles. The number of rotatable bonds is 3. The monoisotopic (exact) mass is 288 g/mol. The van der Waals surface area contributed by atoms with Crippen LogP contribution in [0, 0.1) is 0 Å². The van der Waals surface area contributed by atoms with Gasteiger partial charge in [0.1, 0.15) is 0 Å². The van der Waals surface area contributed by atoms with E-state index in [2.05, 4.69) is 5.32 Å². The standard InChI is InChI=1S/C13H24N2O3S/c16-19(17,10-13-3-1-2-8-18-13)15-7-6-11-4-5-12(9-15)14-11/h11-14H,1-10H2. The molecule has 6 heteroatoms. The van der Waals surface area contributed by atoms with Gasteiger partial charge < -0.3 is 10.1 Å². The Labute approximate surface area is 115 Å². The molecule has 0 aromatic heterocycles. The predicted molar refractivity (Wildman–Crippen MR) is 73.5 cm³/mol. The Balaban J connectivity index is 1.62. The maximum absolute atomic E-state index is 12.5. The van der Waals surface area contributed by atoms with Gasteiger partial charge in [-0.1, -0.05) is 0 Å². The van der Waals surface area contributed by atoms with Gasteiger partial charge in [-0.25, -0.2) is 12.7 Å². The summed E-state index contributed by atoms with van der Waals surface area (Å²) in [6.45, 7) is 2.03. The lowest BCUT2D eigenvalue weighted by Crippen LogP contribution is -2.43. The van der Waals surface area contributed by atoms with Crippen LogP contribution in [0.4, 0.5) is 0 Å². The number of hydrogen-bond donors (Lipinski definition) is 1. The smallest absolute Gasteiger partial charge is 0.216 e. The fraction of sp³-hybridized carbons (Fsp3) is 1.00. The normalized spacial score (nSPS) is 37.2. The number of ether oxygens (including phenoxy) is 1. The molecule has 0 spiro atoms. The Hall–Kier alpha value is -0.170. The molecule has 3 fully saturated rings. The zero-order valence-electron chi connectivity index (χ0n) is 11.4. The highest BCUT2D eigenvalue weighted by Gasteiger charge is 2.35. The van der Waals surface area contributed by atoms with Gasteiger partial charge in [0.15, 0.2) is 0 Å². The van der Waals surface area contributed by atoms with Crippen molar-refractivity contribution in [2.75, 3.05) is 25.4 Å². The van der Waals surface area contributed by atoms with E-state index in [1.807, 2.05) is 0 Å². The fourth-order valence-electron chi connectivity index (χ4n) is 3.44. The van der Waals surface area contributed by atoms with E-state index in [1.54, 1.807) is 4.31 Å². The first-order valence-electron chi connectivity index (χ1n) is 7.49. The molecular weight excluding hydrogens is 264 g/mol. The zero-order valence-corrected chi connectivity index (χ0v) is 12.2. The lowest BCUT2D eigenvalue weighted by molar-refractivity contribution is 0.0298. The maximum atomic E-state index is 12.5. The quantitative estimate of drug-likeness (QED) is 0.831. The predicted octanol–water partition coefficient (Wildman–Crippen LogP) is 0.712. The molecule has 2 bridgehead atoms. The first kappa shape index (κ1) is 13.8. The average molecular weight is 288 g/mol. The Morgan fingerprint density at radius 3 is 2.74 bits per heavy atom. The maximum Gasteiger partial charge on any atom is 0.216 e. The molecule has 0 aromatic rings. The molecule has 0 aromatic carbocycles. The van der Waals surface area contributed by atoms with Gasteiger partial charge in [-0.2, -0.15) is 0 Å². The van der Waals surface area contributed by atoms with Crippen LogP contribution in [0.25, 0.3) is 0 Å². The average Bonchev–Trinajstić information content (AvgIpc) is 2.69. The van der Waals surface area contributed by atoms with E-state index >= 15 is 0 Å². The van der Waals surface area contributed by atoms with Crippen LogP contribution in [0.2, 0.25) is 0 Å². The zero-order chi connectivity index (χ0) is 13.3. The Morgan fingerprint density at radius 1 is 1.11 bits per heavy atom. The van der Waals surface area contributed by atoms with Gasteiger partial charge >= 0.3 is 0 Å². The van der Waals surface area contributed by atoms with Gasteiger partial charge in [-0.3, -0.25) is 0 Å². The molecule has 3 aliphatic rings. The molecule has 3 saturated heterocycles. The summed E-state index contributed by atoms with van der Waals surface area (Å²) >= 11 is 0. The van der Waals surface area contributed by atoms with Gasteiger partial charge in [0.05, 0.1) is 11.9 Å². The second-order valence-electron chi connectivity index (χ2n) is 6.05. The SMILES string of the molecule is O=S(=O)(CC1CCCCO1)N1CCC2CCC(C1)N2. The summed E-state index contributed by atoms with van der Waals surface area (Å²) in [7, 11) is -3.16. The Morgan fingerprint density at radius 2 is 1.95 bits per heavy atom. The topological polar surface area (TPSA) is 58.6 Å². The lowest BCUT2D eigenvalue weighted by Gasteiger charge is -2.28. The number of fused-ring (bicyclic) bond motifs is 2. The minimum Gasteiger partial charge on any atom is -0.377 e. The van der Waals surface area contributed by atoms with Crippen molar-refractivity contribution in [3.05, 3.63) is 0 Å². The molecule has 0 saturated carbocycles. The second kappa shape index (κ2) is 5.68. The van der Waals surface area contributed by atoms with E-state index < -0.39 is 10.0 Å². The van der Waals surface area contributed by atoms with Crippen LogP contribution in [0.5, 0.6) is 0 Å². The van der Waals surface area contributed by atoms with Crippen molar-refractivity contribution in [3.8, 4) is 0 Å². The van der Waals surface area contributed by atoms with Crippen molar-refractivity contribution in [1.29, 1.82) is 0 Å². The minimum absolute atomic E-state index is 0.0906. The highest BCUT2D eigenvalue weighted by Crippen LogP contribution is 2.23. The van der Waals surface area contributed by atoms with Crippen LogP contribution in [-0.4, -0.2) is 56.4 Å². The van der Waals surface area contributed by atoms with Crippen LogP contribution in [0.3, 0.4) is 0 Å². The molecule has 5 nitrogen and oxygen atoms in total. The molecular formula is C13H24N2O3S. The third kappa shape index (κ3) is 3.29. The van der Waals surface area contributed by atoms with E-state index in [1.165, 1.54) is 6.42 Å². The molecule has 0 amide bonds. The fourth-order valence-corrected chi connectivity index (χ4v) is 5.18. The minimum atomic E-state index is -3.16. The van der Waals surface area contributed by atoms with Gasteiger partial charge in [0.2, 0.25) is 10.0 Å². The summed E-state index contributed by atoms with van der Waals surface area (Å²) in [4.78, 5) is 0.